The monoisotopic (exact) mass is 151 g/mol. The van der Waals surface area contributed by atoms with Crippen LogP contribution in [0.3, 0.4) is 0 Å². The molecule has 11 heavy (non-hydrogen) atoms. The van der Waals surface area contributed by atoms with Crippen molar-refractivity contribution in [2.24, 2.45) is 0 Å². The lowest BCUT2D eigenvalue weighted by Gasteiger charge is -1.90. The van der Waals surface area contributed by atoms with Crippen LogP contribution in [0.25, 0.3) is 11.2 Å². The standard InChI is InChI=1S/C5H6N6/c6-4-3-5(9-1-8-3)11(7)2-10-4/h1-2H,7H2,(H2,6,8,9)/p+1. The van der Waals surface area contributed by atoms with E-state index >= 15 is 0 Å². The van der Waals surface area contributed by atoms with Crippen molar-refractivity contribution in [2.45, 2.75) is 0 Å². The van der Waals surface area contributed by atoms with Crippen molar-refractivity contribution in [2.75, 3.05) is 11.6 Å². The molecule has 0 spiro atoms. The van der Waals surface area contributed by atoms with Crippen molar-refractivity contribution in [1.29, 1.82) is 0 Å². The summed E-state index contributed by atoms with van der Waals surface area (Å²) in [6, 6.07) is 0. The number of hydrogen-bond acceptors (Lipinski definition) is 4. The smallest absolute Gasteiger partial charge is 0.314 e. The van der Waals surface area contributed by atoms with Crippen LogP contribution in [0, 0.1) is 0 Å². The Balaban J connectivity index is 2.96. The van der Waals surface area contributed by atoms with Gasteiger partial charge in [0, 0.05) is 0 Å². The quantitative estimate of drug-likeness (QED) is 0.316. The fraction of sp³-hybridized carbons (Fsp3) is 0. The highest BCUT2D eigenvalue weighted by atomic mass is 15.3. The van der Waals surface area contributed by atoms with E-state index in [1.54, 1.807) is 0 Å². The molecule has 5 N–H and O–H groups in total. The maximum Gasteiger partial charge on any atom is 0.314 e. The Morgan fingerprint density at radius 3 is 3.00 bits per heavy atom. The van der Waals surface area contributed by atoms with Gasteiger partial charge in [0.15, 0.2) is 11.8 Å². The number of nitrogen functional groups attached to an aromatic ring is 2. The minimum atomic E-state index is 0.402. The first-order valence-electron chi connectivity index (χ1n) is 3.03. The van der Waals surface area contributed by atoms with Gasteiger partial charge in [0.05, 0.1) is 0 Å². The molecular weight excluding hydrogens is 144 g/mol. The summed E-state index contributed by atoms with van der Waals surface area (Å²) in [5, 5.41) is 0. The first-order chi connectivity index (χ1) is 5.29. The molecule has 2 rings (SSSR count). The lowest BCUT2D eigenvalue weighted by Crippen LogP contribution is -2.45. The van der Waals surface area contributed by atoms with E-state index in [9.17, 15) is 0 Å². The van der Waals surface area contributed by atoms with Gasteiger partial charge in [0.1, 0.15) is 0 Å². The fourth-order valence-corrected chi connectivity index (χ4v) is 0.915. The number of nitrogens with one attached hydrogen (secondary N) is 1. The highest BCUT2D eigenvalue weighted by Crippen LogP contribution is 2.07. The van der Waals surface area contributed by atoms with Gasteiger partial charge in [-0.05, 0) is 0 Å². The first-order valence-corrected chi connectivity index (χ1v) is 3.03. The summed E-state index contributed by atoms with van der Waals surface area (Å²) in [4.78, 5) is 10.6. The summed E-state index contributed by atoms with van der Waals surface area (Å²) in [5.74, 6) is 5.89. The van der Waals surface area contributed by atoms with E-state index in [4.69, 9.17) is 11.6 Å². The minimum absolute atomic E-state index is 0.402. The van der Waals surface area contributed by atoms with Crippen LogP contribution >= 0.6 is 0 Å². The van der Waals surface area contributed by atoms with E-state index in [1.165, 1.54) is 17.3 Å². The summed E-state index contributed by atoms with van der Waals surface area (Å²) in [5.41, 5.74) is 6.78. The lowest BCUT2D eigenvalue weighted by atomic mass is 10.5. The van der Waals surface area contributed by atoms with Crippen molar-refractivity contribution in [3.05, 3.63) is 12.7 Å². The van der Waals surface area contributed by atoms with Crippen LogP contribution in [0.2, 0.25) is 0 Å². The van der Waals surface area contributed by atoms with E-state index in [0.29, 0.717) is 17.0 Å². The molecule has 2 heterocycles. The van der Waals surface area contributed by atoms with Gasteiger partial charge >= 0.3 is 5.65 Å². The van der Waals surface area contributed by atoms with Gasteiger partial charge in [-0.2, -0.15) is 0 Å². The van der Waals surface area contributed by atoms with Gasteiger partial charge in [0.2, 0.25) is 12.1 Å². The van der Waals surface area contributed by atoms with Gasteiger partial charge in [-0.3, -0.25) is 5.84 Å². The molecule has 0 amide bonds. The molecule has 56 valence electrons. The van der Waals surface area contributed by atoms with Crippen LogP contribution < -0.4 is 16.3 Å². The molecule has 0 aliphatic carbocycles. The summed E-state index contributed by atoms with van der Waals surface area (Å²) >= 11 is 0. The van der Waals surface area contributed by atoms with Crippen LogP contribution in [-0.4, -0.2) is 15.0 Å². The fourth-order valence-electron chi connectivity index (χ4n) is 0.915. The summed E-state index contributed by atoms with van der Waals surface area (Å²) in [7, 11) is 0. The van der Waals surface area contributed by atoms with Crippen LogP contribution in [-0.2, 0) is 0 Å². The number of imidazole rings is 1. The third-order valence-corrected chi connectivity index (χ3v) is 1.44. The van der Waals surface area contributed by atoms with E-state index < -0.39 is 0 Å². The molecule has 0 saturated heterocycles. The average molecular weight is 151 g/mol. The SMILES string of the molecule is Nc1nc[n+](N)c2nc[nH]c12. The summed E-state index contributed by atoms with van der Waals surface area (Å²) in [6.45, 7) is 0. The molecule has 0 saturated carbocycles. The van der Waals surface area contributed by atoms with Gasteiger partial charge < -0.3 is 10.7 Å². The molecule has 0 bridgehead atoms. The number of aromatic nitrogens is 4. The molecule has 0 unspecified atom stereocenters. The molecule has 0 aliphatic heterocycles. The Labute approximate surface area is 61.8 Å². The maximum atomic E-state index is 5.52. The van der Waals surface area contributed by atoms with Crippen LogP contribution in [0.5, 0.6) is 0 Å². The number of nitrogens with zero attached hydrogens (tertiary/aromatic N) is 3. The molecule has 0 atom stereocenters. The Morgan fingerprint density at radius 1 is 1.45 bits per heavy atom. The Bertz CT molecular complexity index is 355. The molecule has 6 nitrogen and oxygen atoms in total. The minimum Gasteiger partial charge on any atom is -0.368 e. The topological polar surface area (TPSA) is 97.5 Å². The van der Waals surface area contributed by atoms with E-state index in [1.807, 2.05) is 0 Å². The van der Waals surface area contributed by atoms with Gasteiger partial charge in [0.25, 0.3) is 0 Å². The number of H-pyrrole nitrogens is 1. The van der Waals surface area contributed by atoms with Crippen LogP contribution in [0.4, 0.5) is 5.82 Å². The first kappa shape index (κ1) is 5.90. The average Bonchev–Trinajstić information content (AvgIpc) is 2.45. The number of rotatable bonds is 0. The largest absolute Gasteiger partial charge is 0.368 e. The van der Waals surface area contributed by atoms with Gasteiger partial charge in [-0.1, -0.05) is 9.97 Å². The third-order valence-electron chi connectivity index (χ3n) is 1.44. The molecule has 2 aromatic rings. The number of fused-ring (bicyclic) bond motifs is 1. The predicted molar refractivity (Wildman–Crippen MR) is 38.6 cm³/mol. The molecule has 0 aromatic carbocycles. The molecule has 2 aromatic heterocycles. The Morgan fingerprint density at radius 2 is 2.27 bits per heavy atom. The zero-order valence-corrected chi connectivity index (χ0v) is 5.65. The normalized spacial score (nSPS) is 10.5. The van der Waals surface area contributed by atoms with Crippen molar-refractivity contribution in [3.63, 3.8) is 0 Å². The highest BCUT2D eigenvalue weighted by molar-refractivity contribution is 5.77. The second kappa shape index (κ2) is 1.82. The number of aromatic amines is 1. The van der Waals surface area contributed by atoms with E-state index in [0.717, 1.165) is 0 Å². The van der Waals surface area contributed by atoms with Crippen LogP contribution in [0.15, 0.2) is 12.7 Å². The number of anilines is 1. The molecule has 0 radical (unpaired) electrons. The lowest BCUT2D eigenvalue weighted by molar-refractivity contribution is -0.616. The van der Waals surface area contributed by atoms with Gasteiger partial charge in [-0.15, -0.1) is 4.68 Å². The molecular formula is C5H7N6+. The summed E-state index contributed by atoms with van der Waals surface area (Å²) in [6.07, 6.45) is 2.94. The second-order valence-corrected chi connectivity index (χ2v) is 2.14. The number of nitrogens with two attached hydrogens (primary N) is 2. The highest BCUT2D eigenvalue weighted by Gasteiger charge is 2.11. The van der Waals surface area contributed by atoms with E-state index in [2.05, 4.69) is 15.0 Å². The molecule has 6 heteroatoms. The predicted octanol–water partition coefficient (Wildman–Crippen LogP) is -1.46. The van der Waals surface area contributed by atoms with Crippen molar-refractivity contribution < 1.29 is 4.68 Å². The third kappa shape index (κ3) is 0.689. The summed E-state index contributed by atoms with van der Waals surface area (Å²) < 4.78 is 1.31. The Kier molecular flexibility index (Phi) is 0.974. The van der Waals surface area contributed by atoms with Crippen molar-refractivity contribution in [3.8, 4) is 0 Å². The maximum absolute atomic E-state index is 5.52. The van der Waals surface area contributed by atoms with E-state index in [-0.39, 0.29) is 0 Å². The van der Waals surface area contributed by atoms with Gasteiger partial charge in [-0.25, -0.2) is 0 Å². The zero-order chi connectivity index (χ0) is 7.84. The van der Waals surface area contributed by atoms with Crippen molar-refractivity contribution >= 4 is 17.0 Å². The second-order valence-electron chi connectivity index (χ2n) is 2.14. The Hall–Kier alpha value is -1.85. The van der Waals surface area contributed by atoms with Crippen LogP contribution in [0.1, 0.15) is 0 Å². The molecule has 0 aliphatic rings. The number of hydrogen-bond donors (Lipinski definition) is 3. The van der Waals surface area contributed by atoms with Crippen molar-refractivity contribution in [1.82, 2.24) is 15.0 Å². The zero-order valence-electron chi connectivity index (χ0n) is 5.65. The molecule has 0 fully saturated rings.